The van der Waals surface area contributed by atoms with E-state index in [1.165, 1.54) is 12.3 Å². The van der Waals surface area contributed by atoms with E-state index in [2.05, 4.69) is 15.3 Å². The monoisotopic (exact) mass is 396 g/mol. The highest BCUT2D eigenvalue weighted by Gasteiger charge is 2.25. The van der Waals surface area contributed by atoms with Gasteiger partial charge < -0.3 is 15.0 Å². The Morgan fingerprint density at radius 2 is 2.15 bits per heavy atom. The Morgan fingerprint density at radius 3 is 2.81 bits per heavy atom. The van der Waals surface area contributed by atoms with Crippen LogP contribution in [0.25, 0.3) is 10.4 Å². The summed E-state index contributed by atoms with van der Waals surface area (Å²) in [6, 6.07) is 1.37. The number of aromatic nitrogens is 2. The highest BCUT2D eigenvalue weighted by molar-refractivity contribution is 7.17. The van der Waals surface area contributed by atoms with Crippen molar-refractivity contribution in [3.05, 3.63) is 28.5 Å². The molecule has 0 aliphatic carbocycles. The molecule has 1 fully saturated rings. The van der Waals surface area contributed by atoms with E-state index in [0.29, 0.717) is 59.8 Å². The van der Waals surface area contributed by atoms with Crippen molar-refractivity contribution in [2.45, 2.75) is 26.7 Å². The lowest BCUT2D eigenvalue weighted by atomic mass is 10.1. The van der Waals surface area contributed by atoms with Crippen LogP contribution >= 0.6 is 11.3 Å². The second kappa shape index (κ2) is 8.71. The Kier molecular flexibility index (Phi) is 6.33. The first-order valence-corrected chi connectivity index (χ1v) is 9.69. The maximum absolute atomic E-state index is 13.6. The molecule has 27 heavy (non-hydrogen) atoms. The molecular weight excluding hydrogens is 374 g/mol. The summed E-state index contributed by atoms with van der Waals surface area (Å²) in [5.41, 5.74) is 0.762. The third-order valence-electron chi connectivity index (χ3n) is 4.25. The third-order valence-corrected chi connectivity index (χ3v) is 5.43. The van der Waals surface area contributed by atoms with E-state index < -0.39 is 6.43 Å². The molecule has 1 aliphatic rings. The number of halogens is 2. The number of thiazole rings is 1. The predicted octanol–water partition coefficient (Wildman–Crippen LogP) is 3.75. The van der Waals surface area contributed by atoms with Gasteiger partial charge in [0.15, 0.2) is 5.01 Å². The topological polar surface area (TPSA) is 67.4 Å². The van der Waals surface area contributed by atoms with Crippen LogP contribution in [0.2, 0.25) is 0 Å². The number of nitrogens with zero attached hydrogens (tertiary/aromatic N) is 3. The summed E-state index contributed by atoms with van der Waals surface area (Å²) in [5.74, 6) is 0.230. The quantitative estimate of drug-likeness (QED) is 0.806. The van der Waals surface area contributed by atoms with Crippen molar-refractivity contribution in [1.82, 2.24) is 14.9 Å². The Labute approximate surface area is 160 Å². The first-order valence-electron chi connectivity index (χ1n) is 8.88. The molecule has 1 N–H and O–H groups in total. The molecule has 1 amide bonds. The van der Waals surface area contributed by atoms with Crippen molar-refractivity contribution in [2.75, 3.05) is 38.2 Å². The number of nitrogens with one attached hydrogen (secondary N) is 1. The van der Waals surface area contributed by atoms with Gasteiger partial charge in [-0.3, -0.25) is 4.79 Å². The largest absolute Gasteiger partial charge is 0.378 e. The predicted molar refractivity (Wildman–Crippen MR) is 101 cm³/mol. The van der Waals surface area contributed by atoms with Crippen LogP contribution in [0.4, 0.5) is 14.6 Å². The van der Waals surface area contributed by atoms with Crippen molar-refractivity contribution in [1.29, 1.82) is 0 Å². The highest BCUT2D eigenvalue weighted by atomic mass is 32.1. The zero-order valence-corrected chi connectivity index (χ0v) is 16.1. The number of amides is 1. The highest BCUT2D eigenvalue weighted by Crippen LogP contribution is 2.37. The van der Waals surface area contributed by atoms with Gasteiger partial charge in [0.2, 0.25) is 0 Å². The summed E-state index contributed by atoms with van der Waals surface area (Å²) in [6.07, 6.45) is -0.345. The number of hydrogen-bond acceptors (Lipinski definition) is 6. The molecule has 3 heterocycles. The molecule has 0 saturated carbocycles. The van der Waals surface area contributed by atoms with Crippen LogP contribution in [0.1, 0.15) is 40.8 Å². The van der Waals surface area contributed by atoms with E-state index >= 15 is 0 Å². The summed E-state index contributed by atoms with van der Waals surface area (Å²) < 4.78 is 32.5. The molecule has 0 bridgehead atoms. The van der Waals surface area contributed by atoms with Gasteiger partial charge in [-0.05, 0) is 19.4 Å². The third kappa shape index (κ3) is 4.41. The van der Waals surface area contributed by atoms with Gasteiger partial charge in [-0.15, -0.1) is 11.3 Å². The second-order valence-electron chi connectivity index (χ2n) is 6.22. The number of morpholine rings is 1. The Bertz CT molecular complexity index is 807. The first-order chi connectivity index (χ1) is 13.0. The fraction of sp³-hybridized carbons (Fsp3) is 0.500. The molecule has 1 aliphatic heterocycles. The molecule has 2 aromatic heterocycles. The van der Waals surface area contributed by atoms with E-state index in [4.69, 9.17) is 4.74 Å². The number of alkyl halides is 2. The van der Waals surface area contributed by atoms with Crippen LogP contribution in [-0.2, 0) is 4.74 Å². The molecule has 1 saturated heterocycles. The lowest BCUT2D eigenvalue weighted by Gasteiger charge is -2.25. The molecule has 0 unspecified atom stereocenters. The molecule has 146 valence electrons. The summed E-state index contributed by atoms with van der Waals surface area (Å²) in [5, 5.41) is 3.32. The summed E-state index contributed by atoms with van der Waals surface area (Å²) in [6.45, 7) is 6.38. The van der Waals surface area contributed by atoms with Gasteiger partial charge in [0.1, 0.15) is 5.82 Å². The van der Waals surface area contributed by atoms with Gasteiger partial charge in [0.25, 0.3) is 12.3 Å². The van der Waals surface area contributed by atoms with Crippen LogP contribution in [-0.4, -0.2) is 53.6 Å². The maximum Gasteiger partial charge on any atom is 0.283 e. The fourth-order valence-corrected chi connectivity index (χ4v) is 3.90. The summed E-state index contributed by atoms with van der Waals surface area (Å²) in [4.78, 5) is 23.4. The van der Waals surface area contributed by atoms with E-state index in [1.54, 1.807) is 11.8 Å². The average Bonchev–Trinajstić information content (AvgIpc) is 3.07. The maximum atomic E-state index is 13.6. The summed E-state index contributed by atoms with van der Waals surface area (Å²) in [7, 11) is 0. The average molecular weight is 396 g/mol. The van der Waals surface area contributed by atoms with Crippen LogP contribution in [0.5, 0.6) is 0 Å². The van der Waals surface area contributed by atoms with Gasteiger partial charge in [0, 0.05) is 37.0 Å². The standard InChI is InChI=1S/C18H22F2N4O2S/c1-3-4-21-14-9-12(16(19)20)13(10-22-14)15-11(2)23-17(27-15)18(25)24-5-7-26-8-6-24/h9-10,16H,3-8H2,1-2H3,(H,21,22). The van der Waals surface area contributed by atoms with Crippen LogP contribution in [0.3, 0.4) is 0 Å². The fourth-order valence-electron chi connectivity index (χ4n) is 2.83. The normalized spacial score (nSPS) is 14.6. The minimum Gasteiger partial charge on any atom is -0.378 e. The molecule has 9 heteroatoms. The van der Waals surface area contributed by atoms with Gasteiger partial charge in [-0.1, -0.05) is 6.92 Å². The SMILES string of the molecule is CCCNc1cc(C(F)F)c(-c2sc(C(=O)N3CCOCC3)nc2C)cn1. The lowest BCUT2D eigenvalue weighted by Crippen LogP contribution is -2.40. The Hall–Kier alpha value is -2.13. The van der Waals surface area contributed by atoms with E-state index in [9.17, 15) is 13.6 Å². The first kappa shape index (κ1) is 19.6. The number of carbonyl (C=O) groups is 1. The van der Waals surface area contributed by atoms with Crippen molar-refractivity contribution >= 4 is 23.1 Å². The summed E-state index contributed by atoms with van der Waals surface area (Å²) >= 11 is 1.13. The van der Waals surface area contributed by atoms with E-state index in [-0.39, 0.29) is 11.5 Å². The molecule has 3 rings (SSSR count). The van der Waals surface area contributed by atoms with Crippen LogP contribution < -0.4 is 5.32 Å². The number of hydrogen-bond donors (Lipinski definition) is 1. The number of aryl methyl sites for hydroxylation is 1. The molecule has 2 aromatic rings. The molecular formula is C18H22F2N4O2S. The molecule has 6 nitrogen and oxygen atoms in total. The van der Waals surface area contributed by atoms with Crippen molar-refractivity contribution < 1.29 is 18.3 Å². The number of pyridine rings is 1. The molecule has 0 radical (unpaired) electrons. The second-order valence-corrected chi connectivity index (χ2v) is 7.22. The van der Waals surface area contributed by atoms with E-state index in [0.717, 1.165) is 17.8 Å². The van der Waals surface area contributed by atoms with Gasteiger partial charge >= 0.3 is 0 Å². The zero-order chi connectivity index (χ0) is 19.4. The van der Waals surface area contributed by atoms with E-state index in [1.807, 2.05) is 6.92 Å². The molecule has 0 atom stereocenters. The number of rotatable bonds is 6. The minimum absolute atomic E-state index is 0.110. The lowest BCUT2D eigenvalue weighted by molar-refractivity contribution is 0.0302. The van der Waals surface area contributed by atoms with Gasteiger partial charge in [-0.25, -0.2) is 18.7 Å². The Balaban J connectivity index is 1.91. The van der Waals surface area contributed by atoms with Crippen molar-refractivity contribution in [2.24, 2.45) is 0 Å². The minimum atomic E-state index is -2.65. The van der Waals surface area contributed by atoms with Crippen LogP contribution in [0, 0.1) is 6.92 Å². The van der Waals surface area contributed by atoms with Gasteiger partial charge in [-0.2, -0.15) is 0 Å². The molecule has 0 aromatic carbocycles. The van der Waals surface area contributed by atoms with Crippen molar-refractivity contribution in [3.8, 4) is 10.4 Å². The zero-order valence-electron chi connectivity index (χ0n) is 15.3. The van der Waals surface area contributed by atoms with Crippen molar-refractivity contribution in [3.63, 3.8) is 0 Å². The number of ether oxygens (including phenoxy) is 1. The Morgan fingerprint density at radius 1 is 1.41 bits per heavy atom. The molecule has 0 spiro atoms. The van der Waals surface area contributed by atoms with Gasteiger partial charge in [0.05, 0.1) is 23.8 Å². The number of carbonyl (C=O) groups excluding carboxylic acids is 1. The number of anilines is 1. The van der Waals surface area contributed by atoms with Crippen LogP contribution in [0.15, 0.2) is 12.3 Å². The smallest absolute Gasteiger partial charge is 0.283 e.